The van der Waals surface area contributed by atoms with Gasteiger partial charge in [-0.05, 0) is 47.5 Å². The normalized spacial score (nSPS) is 12.9. The van der Waals surface area contributed by atoms with Crippen LogP contribution in [0.25, 0.3) is 10.8 Å². The van der Waals surface area contributed by atoms with Crippen molar-refractivity contribution in [3.8, 4) is 5.75 Å². The van der Waals surface area contributed by atoms with Crippen LogP contribution in [-0.2, 0) is 10.0 Å². The zero-order valence-corrected chi connectivity index (χ0v) is 14.7. The van der Waals surface area contributed by atoms with E-state index in [2.05, 4.69) is 4.72 Å². The molecule has 1 unspecified atom stereocenters. The summed E-state index contributed by atoms with van der Waals surface area (Å²) >= 11 is 0. The van der Waals surface area contributed by atoms with Crippen LogP contribution in [0.1, 0.15) is 18.5 Å². The van der Waals surface area contributed by atoms with Crippen molar-refractivity contribution in [2.24, 2.45) is 0 Å². The van der Waals surface area contributed by atoms with Crippen molar-refractivity contribution in [2.45, 2.75) is 17.9 Å². The monoisotopic (exact) mass is 359 g/mol. The first-order valence-electron chi connectivity index (χ1n) is 7.75. The van der Waals surface area contributed by atoms with Gasteiger partial charge in [0.1, 0.15) is 0 Å². The molecule has 4 nitrogen and oxygen atoms in total. The number of halogens is 1. The molecule has 0 aliphatic rings. The summed E-state index contributed by atoms with van der Waals surface area (Å²) in [4.78, 5) is 0.173. The Bertz CT molecular complexity index is 1020. The van der Waals surface area contributed by atoms with Gasteiger partial charge in [0.15, 0.2) is 11.6 Å². The fourth-order valence-electron chi connectivity index (χ4n) is 2.66. The third kappa shape index (κ3) is 3.65. The number of ether oxygens (including phenoxy) is 1. The summed E-state index contributed by atoms with van der Waals surface area (Å²) in [5.41, 5.74) is 0.516. The van der Waals surface area contributed by atoms with Crippen LogP contribution in [0.15, 0.2) is 65.6 Å². The molecule has 3 rings (SSSR count). The molecule has 1 N–H and O–H groups in total. The van der Waals surface area contributed by atoms with E-state index in [0.29, 0.717) is 5.56 Å². The number of hydrogen-bond acceptors (Lipinski definition) is 3. The van der Waals surface area contributed by atoms with E-state index in [1.807, 2.05) is 24.3 Å². The molecule has 3 aromatic carbocycles. The molecule has 0 heterocycles. The number of rotatable bonds is 5. The molecular formula is C19H18FNO3S. The van der Waals surface area contributed by atoms with E-state index in [1.165, 1.54) is 19.2 Å². The molecule has 0 amide bonds. The van der Waals surface area contributed by atoms with Crippen LogP contribution in [0, 0.1) is 5.82 Å². The van der Waals surface area contributed by atoms with E-state index in [4.69, 9.17) is 4.74 Å². The Hall–Kier alpha value is -2.44. The van der Waals surface area contributed by atoms with Crippen molar-refractivity contribution in [3.63, 3.8) is 0 Å². The highest BCUT2D eigenvalue weighted by Crippen LogP contribution is 2.24. The van der Waals surface area contributed by atoms with Crippen molar-refractivity contribution in [3.05, 3.63) is 72.0 Å². The third-order valence-electron chi connectivity index (χ3n) is 4.04. The number of nitrogens with one attached hydrogen (secondary N) is 1. The van der Waals surface area contributed by atoms with Crippen molar-refractivity contribution in [2.75, 3.05) is 7.11 Å². The largest absolute Gasteiger partial charge is 0.494 e. The SMILES string of the molecule is COc1ccc(C(C)NS(=O)(=O)c2ccc3ccccc3c2)cc1F. The number of sulfonamides is 1. The first kappa shape index (κ1) is 17.4. The maximum atomic E-state index is 13.8. The van der Waals surface area contributed by atoms with Gasteiger partial charge in [-0.15, -0.1) is 0 Å². The lowest BCUT2D eigenvalue weighted by molar-refractivity contribution is 0.386. The molecule has 0 spiro atoms. The van der Waals surface area contributed by atoms with Crippen molar-refractivity contribution in [1.29, 1.82) is 0 Å². The van der Waals surface area contributed by atoms with E-state index < -0.39 is 21.9 Å². The quantitative estimate of drug-likeness (QED) is 0.748. The van der Waals surface area contributed by atoms with E-state index >= 15 is 0 Å². The van der Waals surface area contributed by atoms with Crippen LogP contribution in [-0.4, -0.2) is 15.5 Å². The first-order valence-corrected chi connectivity index (χ1v) is 9.23. The molecule has 0 saturated heterocycles. The number of hydrogen-bond donors (Lipinski definition) is 1. The smallest absolute Gasteiger partial charge is 0.241 e. The summed E-state index contributed by atoms with van der Waals surface area (Å²) in [7, 11) is -2.35. The van der Waals surface area contributed by atoms with Crippen LogP contribution >= 0.6 is 0 Å². The van der Waals surface area contributed by atoms with Crippen LogP contribution in [0.4, 0.5) is 4.39 Å². The summed E-state index contributed by atoms with van der Waals surface area (Å²) in [6, 6.07) is 16.3. The predicted molar refractivity (Wildman–Crippen MR) is 95.6 cm³/mol. The Kier molecular flexibility index (Phi) is 4.74. The van der Waals surface area contributed by atoms with Gasteiger partial charge >= 0.3 is 0 Å². The first-order chi connectivity index (χ1) is 11.9. The number of fused-ring (bicyclic) bond motifs is 1. The van der Waals surface area contributed by atoms with Gasteiger partial charge in [0.05, 0.1) is 12.0 Å². The van der Waals surface area contributed by atoms with Crippen LogP contribution in [0.2, 0.25) is 0 Å². The molecule has 0 bridgehead atoms. The molecule has 130 valence electrons. The zero-order valence-electron chi connectivity index (χ0n) is 13.9. The van der Waals surface area contributed by atoms with Gasteiger partial charge in [0.25, 0.3) is 0 Å². The minimum atomic E-state index is -3.73. The molecule has 25 heavy (non-hydrogen) atoms. The minimum absolute atomic E-state index is 0.119. The van der Waals surface area contributed by atoms with E-state index in [-0.39, 0.29) is 10.6 Å². The second-order valence-corrected chi connectivity index (χ2v) is 7.46. The number of benzene rings is 3. The lowest BCUT2D eigenvalue weighted by Gasteiger charge is -2.16. The average molecular weight is 359 g/mol. The second-order valence-electron chi connectivity index (χ2n) is 5.75. The third-order valence-corrected chi connectivity index (χ3v) is 5.58. The predicted octanol–water partition coefficient (Wildman–Crippen LogP) is 4.03. The van der Waals surface area contributed by atoms with Gasteiger partial charge in [-0.3, -0.25) is 0 Å². The molecule has 3 aromatic rings. The Morgan fingerprint density at radius 1 is 1.00 bits per heavy atom. The molecular weight excluding hydrogens is 341 g/mol. The van der Waals surface area contributed by atoms with Crippen LogP contribution in [0.3, 0.4) is 0 Å². The molecule has 0 aromatic heterocycles. The standard InChI is InChI=1S/C19H18FNO3S/c1-13(15-8-10-19(24-2)18(20)12-15)21-25(22,23)17-9-7-14-5-3-4-6-16(14)11-17/h3-13,21H,1-2H3. The zero-order chi connectivity index (χ0) is 18.0. The van der Waals surface area contributed by atoms with Gasteiger partial charge in [-0.1, -0.05) is 36.4 Å². The maximum absolute atomic E-state index is 13.8. The average Bonchev–Trinajstić information content (AvgIpc) is 2.60. The molecule has 0 saturated carbocycles. The summed E-state index contributed by atoms with van der Waals surface area (Å²) in [5, 5.41) is 1.81. The Morgan fingerprint density at radius 2 is 1.72 bits per heavy atom. The highest BCUT2D eigenvalue weighted by atomic mass is 32.2. The lowest BCUT2D eigenvalue weighted by atomic mass is 10.1. The summed E-state index contributed by atoms with van der Waals surface area (Å²) < 4.78 is 46.6. The van der Waals surface area contributed by atoms with Crippen molar-refractivity contribution in [1.82, 2.24) is 4.72 Å². The van der Waals surface area contributed by atoms with Crippen LogP contribution < -0.4 is 9.46 Å². The highest BCUT2D eigenvalue weighted by molar-refractivity contribution is 7.89. The number of methoxy groups -OCH3 is 1. The van der Waals surface area contributed by atoms with Gasteiger partial charge < -0.3 is 4.74 Å². The summed E-state index contributed by atoms with van der Waals surface area (Å²) in [6.45, 7) is 1.67. The van der Waals surface area contributed by atoms with Gasteiger partial charge in [-0.2, -0.15) is 0 Å². The molecule has 0 radical (unpaired) electrons. The van der Waals surface area contributed by atoms with Crippen molar-refractivity contribution < 1.29 is 17.5 Å². The molecule has 0 aliphatic heterocycles. The lowest BCUT2D eigenvalue weighted by Crippen LogP contribution is -2.27. The Morgan fingerprint density at radius 3 is 2.40 bits per heavy atom. The fraction of sp³-hybridized carbons (Fsp3) is 0.158. The maximum Gasteiger partial charge on any atom is 0.241 e. The molecule has 6 heteroatoms. The highest BCUT2D eigenvalue weighted by Gasteiger charge is 2.19. The fourth-order valence-corrected chi connectivity index (χ4v) is 3.92. The minimum Gasteiger partial charge on any atom is -0.494 e. The molecule has 1 atom stereocenters. The second kappa shape index (κ2) is 6.82. The summed E-state index contributed by atoms with van der Waals surface area (Å²) in [6.07, 6.45) is 0. The topological polar surface area (TPSA) is 55.4 Å². The van der Waals surface area contributed by atoms with E-state index in [0.717, 1.165) is 10.8 Å². The Balaban J connectivity index is 1.87. The van der Waals surface area contributed by atoms with Crippen LogP contribution in [0.5, 0.6) is 5.75 Å². The Labute approximate surface area is 146 Å². The molecule has 0 aliphatic carbocycles. The van der Waals surface area contributed by atoms with Crippen molar-refractivity contribution >= 4 is 20.8 Å². The summed E-state index contributed by atoms with van der Waals surface area (Å²) in [5.74, 6) is -0.412. The van der Waals surface area contributed by atoms with Gasteiger partial charge in [0, 0.05) is 6.04 Å². The molecule has 0 fully saturated rings. The van der Waals surface area contributed by atoms with E-state index in [1.54, 1.807) is 31.2 Å². The van der Waals surface area contributed by atoms with Gasteiger partial charge in [0.2, 0.25) is 10.0 Å². The van der Waals surface area contributed by atoms with Gasteiger partial charge in [-0.25, -0.2) is 17.5 Å². The van der Waals surface area contributed by atoms with E-state index in [9.17, 15) is 12.8 Å².